The maximum absolute atomic E-state index is 10.00. The number of aliphatic hydroxyl groups is 2. The zero-order valence-electron chi connectivity index (χ0n) is 8.54. The second-order valence-corrected chi connectivity index (χ2v) is 3.94. The number of para-hydroxylation sites is 1. The molecule has 80 valence electrons. The SMILES string of the molecule is O[C@@H]1c2c(cnc3ccccc23)C=C[C@@H]1O. The summed E-state index contributed by atoms with van der Waals surface area (Å²) in [4.78, 5) is 4.31. The molecule has 3 nitrogen and oxygen atoms in total. The third kappa shape index (κ3) is 1.26. The molecule has 2 atom stereocenters. The summed E-state index contributed by atoms with van der Waals surface area (Å²) < 4.78 is 0. The van der Waals surface area contributed by atoms with Crippen LogP contribution in [0.2, 0.25) is 0 Å². The molecular weight excluding hydrogens is 202 g/mol. The number of hydrogen-bond acceptors (Lipinski definition) is 3. The van der Waals surface area contributed by atoms with Crippen LogP contribution in [0.25, 0.3) is 17.0 Å². The predicted octanol–water partition coefficient (Wildman–Crippen LogP) is 1.66. The first kappa shape index (κ1) is 9.51. The van der Waals surface area contributed by atoms with E-state index < -0.39 is 12.2 Å². The highest BCUT2D eigenvalue weighted by Crippen LogP contribution is 2.32. The van der Waals surface area contributed by atoms with Crippen molar-refractivity contribution in [2.75, 3.05) is 0 Å². The van der Waals surface area contributed by atoms with Gasteiger partial charge in [-0.2, -0.15) is 0 Å². The third-order valence-electron chi connectivity index (χ3n) is 2.94. The lowest BCUT2D eigenvalue weighted by molar-refractivity contribution is 0.0479. The number of nitrogens with zero attached hydrogens (tertiary/aromatic N) is 1. The van der Waals surface area contributed by atoms with E-state index >= 15 is 0 Å². The lowest BCUT2D eigenvalue weighted by Crippen LogP contribution is -2.19. The molecule has 0 aliphatic heterocycles. The van der Waals surface area contributed by atoms with Crippen molar-refractivity contribution in [3.05, 3.63) is 47.7 Å². The van der Waals surface area contributed by atoms with Crippen LogP contribution in [0.5, 0.6) is 0 Å². The Balaban J connectivity index is 2.37. The molecule has 1 aliphatic carbocycles. The standard InChI is InChI=1S/C13H11NO2/c15-11-6-5-8-7-14-10-4-2-1-3-9(10)12(8)13(11)16/h1-7,11,13,15-16H/t11-,13-/m0/s1. The molecule has 16 heavy (non-hydrogen) atoms. The van der Waals surface area contributed by atoms with Crippen LogP contribution in [0.15, 0.2) is 36.5 Å². The Morgan fingerprint density at radius 1 is 1.12 bits per heavy atom. The maximum atomic E-state index is 10.00. The molecule has 2 aromatic rings. The van der Waals surface area contributed by atoms with Gasteiger partial charge in [-0.1, -0.05) is 30.4 Å². The Hall–Kier alpha value is -1.71. The van der Waals surface area contributed by atoms with Crippen LogP contribution in [0.3, 0.4) is 0 Å². The minimum atomic E-state index is -0.868. The minimum Gasteiger partial charge on any atom is -0.386 e. The van der Waals surface area contributed by atoms with Crippen LogP contribution in [0, 0.1) is 0 Å². The van der Waals surface area contributed by atoms with Crippen LogP contribution in [-0.4, -0.2) is 21.3 Å². The summed E-state index contributed by atoms with van der Waals surface area (Å²) in [5, 5.41) is 20.5. The molecule has 0 radical (unpaired) electrons. The first-order valence-corrected chi connectivity index (χ1v) is 5.19. The highest BCUT2D eigenvalue weighted by molar-refractivity contribution is 5.86. The van der Waals surface area contributed by atoms with E-state index in [1.54, 1.807) is 18.3 Å². The van der Waals surface area contributed by atoms with Gasteiger partial charge in [0.05, 0.1) is 5.52 Å². The summed E-state index contributed by atoms with van der Waals surface area (Å²) in [6.45, 7) is 0. The molecule has 3 heteroatoms. The molecule has 0 saturated heterocycles. The van der Waals surface area contributed by atoms with E-state index in [-0.39, 0.29) is 0 Å². The number of rotatable bonds is 0. The summed E-state index contributed by atoms with van der Waals surface area (Å²) >= 11 is 0. The molecule has 0 unspecified atom stereocenters. The first-order valence-electron chi connectivity index (χ1n) is 5.19. The van der Waals surface area contributed by atoms with Crippen molar-refractivity contribution in [3.63, 3.8) is 0 Å². The molecular formula is C13H11NO2. The topological polar surface area (TPSA) is 53.4 Å². The van der Waals surface area contributed by atoms with Gasteiger partial charge in [-0.05, 0) is 11.6 Å². The summed E-state index contributed by atoms with van der Waals surface area (Å²) in [5.74, 6) is 0. The fourth-order valence-corrected chi connectivity index (χ4v) is 2.12. The van der Waals surface area contributed by atoms with E-state index in [0.717, 1.165) is 22.0 Å². The van der Waals surface area contributed by atoms with Crippen LogP contribution >= 0.6 is 0 Å². The van der Waals surface area contributed by atoms with Gasteiger partial charge in [-0.15, -0.1) is 0 Å². The van der Waals surface area contributed by atoms with Crippen LogP contribution in [-0.2, 0) is 0 Å². The summed E-state index contributed by atoms with van der Waals surface area (Å²) in [5.41, 5.74) is 2.47. The van der Waals surface area contributed by atoms with Crippen LogP contribution < -0.4 is 0 Å². The molecule has 1 heterocycles. The molecule has 0 fully saturated rings. The first-order chi connectivity index (χ1) is 7.77. The van der Waals surface area contributed by atoms with Gasteiger partial charge >= 0.3 is 0 Å². The van der Waals surface area contributed by atoms with E-state index in [2.05, 4.69) is 4.98 Å². The molecule has 0 saturated carbocycles. The zero-order valence-corrected chi connectivity index (χ0v) is 8.54. The Morgan fingerprint density at radius 3 is 2.81 bits per heavy atom. The van der Waals surface area contributed by atoms with Gasteiger partial charge in [-0.25, -0.2) is 0 Å². The zero-order chi connectivity index (χ0) is 11.1. The molecule has 3 rings (SSSR count). The van der Waals surface area contributed by atoms with Gasteiger partial charge in [-0.3, -0.25) is 4.98 Å². The predicted molar refractivity (Wildman–Crippen MR) is 61.7 cm³/mol. The molecule has 2 N–H and O–H groups in total. The summed E-state index contributed by atoms with van der Waals surface area (Å²) in [7, 11) is 0. The number of hydrogen-bond donors (Lipinski definition) is 2. The van der Waals surface area contributed by atoms with Crippen molar-refractivity contribution in [1.29, 1.82) is 0 Å². The number of pyridine rings is 1. The highest BCUT2D eigenvalue weighted by Gasteiger charge is 2.24. The smallest absolute Gasteiger partial charge is 0.110 e. The third-order valence-corrected chi connectivity index (χ3v) is 2.94. The van der Waals surface area contributed by atoms with Gasteiger partial charge in [0, 0.05) is 17.1 Å². The number of aromatic nitrogens is 1. The van der Waals surface area contributed by atoms with Gasteiger partial charge in [0.1, 0.15) is 12.2 Å². The highest BCUT2D eigenvalue weighted by atomic mass is 16.3. The molecule has 0 amide bonds. The minimum absolute atomic E-state index is 0.764. The fourth-order valence-electron chi connectivity index (χ4n) is 2.12. The van der Waals surface area contributed by atoms with E-state index in [9.17, 15) is 10.2 Å². The Labute approximate surface area is 92.7 Å². The number of benzene rings is 1. The average molecular weight is 213 g/mol. The Morgan fingerprint density at radius 2 is 1.94 bits per heavy atom. The quantitative estimate of drug-likeness (QED) is 0.699. The lowest BCUT2D eigenvalue weighted by atomic mass is 9.91. The van der Waals surface area contributed by atoms with Gasteiger partial charge < -0.3 is 10.2 Å². The summed E-state index contributed by atoms with van der Waals surface area (Å²) in [6, 6.07) is 7.62. The van der Waals surface area contributed by atoms with Crippen molar-refractivity contribution < 1.29 is 10.2 Å². The van der Waals surface area contributed by atoms with Gasteiger partial charge in [0.25, 0.3) is 0 Å². The van der Waals surface area contributed by atoms with Gasteiger partial charge in [0.2, 0.25) is 0 Å². The monoisotopic (exact) mass is 213 g/mol. The second kappa shape index (κ2) is 3.40. The fraction of sp³-hybridized carbons (Fsp3) is 0.154. The molecule has 1 aromatic heterocycles. The molecule has 0 spiro atoms. The van der Waals surface area contributed by atoms with Crippen molar-refractivity contribution in [2.24, 2.45) is 0 Å². The number of aliphatic hydroxyl groups excluding tert-OH is 2. The Bertz CT molecular complexity index is 577. The van der Waals surface area contributed by atoms with Crippen LogP contribution in [0.1, 0.15) is 17.2 Å². The van der Waals surface area contributed by atoms with Crippen molar-refractivity contribution >= 4 is 17.0 Å². The normalized spacial score (nSPS) is 23.4. The van der Waals surface area contributed by atoms with Gasteiger partial charge in [0.15, 0.2) is 0 Å². The van der Waals surface area contributed by atoms with E-state index in [0.29, 0.717) is 0 Å². The molecule has 0 bridgehead atoms. The summed E-state index contributed by atoms with van der Waals surface area (Å²) in [6.07, 6.45) is 3.41. The molecule has 1 aromatic carbocycles. The molecule has 1 aliphatic rings. The number of fused-ring (bicyclic) bond motifs is 3. The lowest BCUT2D eigenvalue weighted by Gasteiger charge is -2.22. The van der Waals surface area contributed by atoms with E-state index in [1.165, 1.54) is 0 Å². The second-order valence-electron chi connectivity index (χ2n) is 3.94. The van der Waals surface area contributed by atoms with Crippen molar-refractivity contribution in [3.8, 4) is 0 Å². The largest absolute Gasteiger partial charge is 0.386 e. The van der Waals surface area contributed by atoms with Crippen LogP contribution in [0.4, 0.5) is 0 Å². The Kier molecular flexibility index (Phi) is 2.02. The maximum Gasteiger partial charge on any atom is 0.110 e. The van der Waals surface area contributed by atoms with E-state index in [4.69, 9.17) is 0 Å². The van der Waals surface area contributed by atoms with Crippen molar-refractivity contribution in [2.45, 2.75) is 12.2 Å². The van der Waals surface area contributed by atoms with Crippen molar-refractivity contribution in [1.82, 2.24) is 4.98 Å². The average Bonchev–Trinajstić information content (AvgIpc) is 2.33. The van der Waals surface area contributed by atoms with E-state index in [1.807, 2.05) is 24.3 Å².